The number of aryl methyl sites for hydroxylation is 1. The Kier molecular flexibility index (Phi) is 3.61. The molecule has 0 fully saturated rings. The molecule has 0 unspecified atom stereocenters. The summed E-state index contributed by atoms with van der Waals surface area (Å²) >= 11 is 0. The van der Waals surface area contributed by atoms with Crippen LogP contribution in [0.4, 0.5) is 15.9 Å². The molecule has 0 atom stereocenters. The van der Waals surface area contributed by atoms with Gasteiger partial charge in [-0.25, -0.2) is 14.2 Å². The number of imidazole rings is 1. The standard InChI is InChI=1S/C16H13FN4O2/c1-9-4-3-5-12(10(9)2)19-20-15-14(16(22)23)18-13-7-6-11(17)8-21(13)15/h3-8H,1-2H3,(H,22,23). The van der Waals surface area contributed by atoms with Crippen LogP contribution in [-0.4, -0.2) is 20.5 Å². The minimum Gasteiger partial charge on any atom is -0.476 e. The van der Waals surface area contributed by atoms with E-state index in [1.165, 1.54) is 16.5 Å². The van der Waals surface area contributed by atoms with E-state index >= 15 is 0 Å². The molecule has 2 heterocycles. The number of carboxylic acid groups (broad SMARTS) is 1. The molecule has 116 valence electrons. The first-order chi connectivity index (χ1) is 11.0. The van der Waals surface area contributed by atoms with Crippen molar-refractivity contribution < 1.29 is 14.3 Å². The lowest BCUT2D eigenvalue weighted by atomic mass is 10.1. The molecule has 23 heavy (non-hydrogen) atoms. The largest absolute Gasteiger partial charge is 0.476 e. The second-order valence-corrected chi connectivity index (χ2v) is 5.08. The Hall–Kier alpha value is -3.09. The van der Waals surface area contributed by atoms with Gasteiger partial charge in [-0.2, -0.15) is 0 Å². The smallest absolute Gasteiger partial charge is 0.358 e. The number of nitrogens with zero attached hydrogens (tertiary/aromatic N) is 4. The number of benzene rings is 1. The molecule has 1 N–H and O–H groups in total. The van der Waals surface area contributed by atoms with Crippen molar-refractivity contribution in [3.8, 4) is 0 Å². The first-order valence-electron chi connectivity index (χ1n) is 6.86. The number of hydrogen-bond donors (Lipinski definition) is 1. The van der Waals surface area contributed by atoms with Crippen molar-refractivity contribution in [1.82, 2.24) is 9.38 Å². The Morgan fingerprint density at radius 3 is 2.74 bits per heavy atom. The Morgan fingerprint density at radius 1 is 1.22 bits per heavy atom. The van der Waals surface area contributed by atoms with E-state index in [9.17, 15) is 14.3 Å². The molecule has 0 aliphatic heterocycles. The minimum absolute atomic E-state index is 0.0205. The molecule has 0 saturated carbocycles. The SMILES string of the molecule is Cc1cccc(N=Nc2c(C(=O)O)nc3ccc(F)cn23)c1C. The summed E-state index contributed by atoms with van der Waals surface area (Å²) in [5.74, 6) is -1.79. The average molecular weight is 312 g/mol. The van der Waals surface area contributed by atoms with Gasteiger partial charge < -0.3 is 5.11 Å². The number of hydrogen-bond acceptors (Lipinski definition) is 4. The van der Waals surface area contributed by atoms with Gasteiger partial charge in [0.15, 0.2) is 11.5 Å². The number of pyridine rings is 1. The quantitative estimate of drug-likeness (QED) is 0.736. The molecule has 0 spiro atoms. The van der Waals surface area contributed by atoms with Crippen LogP contribution in [0.25, 0.3) is 5.65 Å². The highest BCUT2D eigenvalue weighted by Crippen LogP contribution is 2.27. The fourth-order valence-electron chi connectivity index (χ4n) is 2.19. The number of fused-ring (bicyclic) bond motifs is 1. The molecule has 7 heteroatoms. The molecule has 3 rings (SSSR count). The van der Waals surface area contributed by atoms with E-state index in [1.54, 1.807) is 6.07 Å². The Morgan fingerprint density at radius 2 is 2.00 bits per heavy atom. The van der Waals surface area contributed by atoms with Gasteiger partial charge in [-0.15, -0.1) is 10.2 Å². The summed E-state index contributed by atoms with van der Waals surface area (Å²) in [6.45, 7) is 3.84. The van der Waals surface area contributed by atoms with E-state index in [0.29, 0.717) is 11.3 Å². The van der Waals surface area contributed by atoms with E-state index in [2.05, 4.69) is 15.2 Å². The van der Waals surface area contributed by atoms with Gasteiger partial charge in [0.25, 0.3) is 0 Å². The monoisotopic (exact) mass is 312 g/mol. The van der Waals surface area contributed by atoms with Crippen molar-refractivity contribution in [3.05, 3.63) is 59.2 Å². The summed E-state index contributed by atoms with van der Waals surface area (Å²) in [5.41, 5.74) is 2.62. The third-order valence-corrected chi connectivity index (χ3v) is 3.59. The topological polar surface area (TPSA) is 79.3 Å². The maximum atomic E-state index is 13.4. The molecule has 6 nitrogen and oxygen atoms in total. The lowest BCUT2D eigenvalue weighted by Crippen LogP contribution is -1.96. The molecule has 0 bridgehead atoms. The molecule has 0 amide bonds. The number of halogens is 1. The highest BCUT2D eigenvalue weighted by atomic mass is 19.1. The van der Waals surface area contributed by atoms with Crippen LogP contribution in [0.3, 0.4) is 0 Å². The van der Waals surface area contributed by atoms with Gasteiger partial charge in [0.2, 0.25) is 0 Å². The second-order valence-electron chi connectivity index (χ2n) is 5.08. The van der Waals surface area contributed by atoms with Gasteiger partial charge in [0, 0.05) is 6.20 Å². The lowest BCUT2D eigenvalue weighted by molar-refractivity contribution is 0.0692. The summed E-state index contributed by atoms with van der Waals surface area (Å²) < 4.78 is 14.7. The third-order valence-electron chi connectivity index (χ3n) is 3.59. The Bertz CT molecular complexity index is 947. The second kappa shape index (κ2) is 5.60. The molecular formula is C16H13FN4O2. The molecule has 0 aliphatic carbocycles. The van der Waals surface area contributed by atoms with Crippen molar-refractivity contribution in [2.75, 3.05) is 0 Å². The summed E-state index contributed by atoms with van der Waals surface area (Å²) in [6, 6.07) is 8.15. The fourth-order valence-corrected chi connectivity index (χ4v) is 2.19. The van der Waals surface area contributed by atoms with E-state index < -0.39 is 11.8 Å². The maximum Gasteiger partial charge on any atom is 0.358 e. The predicted molar refractivity (Wildman–Crippen MR) is 82.2 cm³/mol. The number of azo groups is 1. The number of carbonyl (C=O) groups is 1. The molecule has 0 aliphatic rings. The summed E-state index contributed by atoms with van der Waals surface area (Å²) in [6.07, 6.45) is 1.13. The predicted octanol–water partition coefficient (Wildman–Crippen LogP) is 4.20. The van der Waals surface area contributed by atoms with Crippen molar-refractivity contribution in [1.29, 1.82) is 0 Å². The summed E-state index contributed by atoms with van der Waals surface area (Å²) in [5, 5.41) is 17.4. The van der Waals surface area contributed by atoms with Crippen LogP contribution in [0.15, 0.2) is 46.8 Å². The van der Waals surface area contributed by atoms with Crippen LogP contribution < -0.4 is 0 Å². The molecule has 0 radical (unpaired) electrons. The van der Waals surface area contributed by atoms with Crippen molar-refractivity contribution >= 4 is 23.1 Å². The number of carboxylic acids is 1. The first kappa shape index (κ1) is 14.8. The van der Waals surface area contributed by atoms with Gasteiger partial charge >= 0.3 is 5.97 Å². The number of rotatable bonds is 3. The Balaban J connectivity index is 2.16. The average Bonchev–Trinajstić information content (AvgIpc) is 2.87. The summed E-state index contributed by atoms with van der Waals surface area (Å²) in [7, 11) is 0. The van der Waals surface area contributed by atoms with Gasteiger partial charge in [-0.05, 0) is 43.2 Å². The zero-order valence-corrected chi connectivity index (χ0v) is 12.5. The van der Waals surface area contributed by atoms with Crippen LogP contribution in [-0.2, 0) is 0 Å². The van der Waals surface area contributed by atoms with Gasteiger partial charge in [-0.3, -0.25) is 4.40 Å². The van der Waals surface area contributed by atoms with Crippen molar-refractivity contribution in [3.63, 3.8) is 0 Å². The molecule has 1 aromatic carbocycles. The zero-order chi connectivity index (χ0) is 16.6. The number of aromatic nitrogens is 2. The number of aromatic carboxylic acids is 1. The van der Waals surface area contributed by atoms with Crippen LogP contribution in [0.2, 0.25) is 0 Å². The van der Waals surface area contributed by atoms with E-state index in [1.807, 2.05) is 26.0 Å². The van der Waals surface area contributed by atoms with E-state index in [-0.39, 0.29) is 11.5 Å². The molecule has 0 saturated heterocycles. The van der Waals surface area contributed by atoms with Gasteiger partial charge in [-0.1, -0.05) is 12.1 Å². The van der Waals surface area contributed by atoms with E-state index in [4.69, 9.17) is 0 Å². The summed E-state index contributed by atoms with van der Waals surface area (Å²) in [4.78, 5) is 15.3. The van der Waals surface area contributed by atoms with Crippen LogP contribution in [0.5, 0.6) is 0 Å². The Labute approximate surface area is 130 Å². The van der Waals surface area contributed by atoms with Crippen molar-refractivity contribution in [2.24, 2.45) is 10.2 Å². The van der Waals surface area contributed by atoms with Crippen LogP contribution in [0, 0.1) is 19.7 Å². The van der Waals surface area contributed by atoms with Gasteiger partial charge in [0.05, 0.1) is 5.69 Å². The molecule has 3 aromatic rings. The first-order valence-corrected chi connectivity index (χ1v) is 6.86. The fraction of sp³-hybridized carbons (Fsp3) is 0.125. The van der Waals surface area contributed by atoms with Crippen LogP contribution in [0.1, 0.15) is 21.6 Å². The normalized spacial score (nSPS) is 11.4. The highest BCUT2D eigenvalue weighted by molar-refractivity contribution is 5.91. The van der Waals surface area contributed by atoms with Crippen LogP contribution >= 0.6 is 0 Å². The third kappa shape index (κ3) is 2.68. The van der Waals surface area contributed by atoms with Crippen molar-refractivity contribution in [2.45, 2.75) is 13.8 Å². The highest BCUT2D eigenvalue weighted by Gasteiger charge is 2.18. The molecular weight excluding hydrogens is 299 g/mol. The zero-order valence-electron chi connectivity index (χ0n) is 12.5. The van der Waals surface area contributed by atoms with E-state index in [0.717, 1.165) is 17.3 Å². The minimum atomic E-state index is -1.25. The maximum absolute atomic E-state index is 13.4. The molecule has 2 aromatic heterocycles. The lowest BCUT2D eigenvalue weighted by Gasteiger charge is -2.02. The van der Waals surface area contributed by atoms with Gasteiger partial charge in [0.1, 0.15) is 11.5 Å².